The van der Waals surface area contributed by atoms with Crippen LogP contribution in [0.1, 0.15) is 12.5 Å². The lowest BCUT2D eigenvalue weighted by molar-refractivity contribution is 0.659. The predicted molar refractivity (Wildman–Crippen MR) is 68.3 cm³/mol. The first-order valence-electron chi connectivity index (χ1n) is 5.28. The van der Waals surface area contributed by atoms with Crippen LogP contribution < -0.4 is 5.73 Å². The molecule has 0 spiro atoms. The lowest BCUT2D eigenvalue weighted by atomic mass is 10.3. The number of para-hydroxylation sites is 1. The third kappa shape index (κ3) is 2.58. The molecule has 2 aromatic rings. The maximum Gasteiger partial charge on any atom is 0.0530 e. The highest BCUT2D eigenvalue weighted by Gasteiger charge is 2.01. The fraction of sp³-hybridized carbons (Fsp3) is 0.250. The fourth-order valence-corrected chi connectivity index (χ4v) is 2.31. The van der Waals surface area contributed by atoms with Crippen molar-refractivity contribution in [3.63, 3.8) is 0 Å². The van der Waals surface area contributed by atoms with Crippen LogP contribution in [-0.4, -0.2) is 9.78 Å². The monoisotopic (exact) mass is 233 g/mol. The summed E-state index contributed by atoms with van der Waals surface area (Å²) in [6, 6.07) is 7.94. The lowest BCUT2D eigenvalue weighted by Gasteiger charge is -2.02. The average Bonchev–Trinajstić information content (AvgIpc) is 2.76. The first-order chi connectivity index (χ1) is 7.79. The minimum Gasteiger partial charge on any atom is -0.398 e. The molecule has 84 valence electrons. The van der Waals surface area contributed by atoms with E-state index in [1.54, 1.807) is 11.8 Å². The van der Waals surface area contributed by atoms with Crippen LogP contribution in [0.15, 0.2) is 41.6 Å². The molecular weight excluding hydrogens is 218 g/mol. The van der Waals surface area contributed by atoms with Crippen molar-refractivity contribution in [3.05, 3.63) is 42.2 Å². The molecule has 0 saturated carbocycles. The minimum atomic E-state index is 0.843. The Morgan fingerprint density at radius 1 is 1.38 bits per heavy atom. The van der Waals surface area contributed by atoms with E-state index in [-0.39, 0.29) is 0 Å². The third-order valence-corrected chi connectivity index (χ3v) is 3.48. The molecule has 0 amide bonds. The number of anilines is 1. The number of nitrogen functional groups attached to an aromatic ring is 1. The molecule has 0 aliphatic heterocycles. The number of thioether (sulfide) groups is 1. The molecule has 2 rings (SSSR count). The van der Waals surface area contributed by atoms with Gasteiger partial charge in [-0.1, -0.05) is 12.1 Å². The van der Waals surface area contributed by atoms with Gasteiger partial charge in [-0.05, 0) is 19.1 Å². The molecule has 4 heteroatoms. The molecule has 0 bridgehead atoms. The smallest absolute Gasteiger partial charge is 0.0530 e. The van der Waals surface area contributed by atoms with Crippen LogP contribution >= 0.6 is 11.8 Å². The van der Waals surface area contributed by atoms with Crippen molar-refractivity contribution in [1.82, 2.24) is 9.78 Å². The SMILES string of the molecule is CCn1cc(CSc2ccccc2N)cn1. The van der Waals surface area contributed by atoms with Crippen molar-refractivity contribution in [2.24, 2.45) is 0 Å². The van der Waals surface area contributed by atoms with Gasteiger partial charge in [-0.2, -0.15) is 5.10 Å². The molecule has 0 aliphatic carbocycles. The highest BCUT2D eigenvalue weighted by Crippen LogP contribution is 2.27. The van der Waals surface area contributed by atoms with Gasteiger partial charge in [0.1, 0.15) is 0 Å². The molecule has 0 radical (unpaired) electrons. The maximum absolute atomic E-state index is 5.87. The number of rotatable bonds is 4. The van der Waals surface area contributed by atoms with E-state index in [9.17, 15) is 0 Å². The molecule has 0 fully saturated rings. The van der Waals surface area contributed by atoms with E-state index in [2.05, 4.69) is 18.2 Å². The average molecular weight is 233 g/mol. The molecule has 0 atom stereocenters. The Kier molecular flexibility index (Phi) is 3.51. The van der Waals surface area contributed by atoms with E-state index >= 15 is 0 Å². The molecule has 1 aromatic carbocycles. The molecule has 0 saturated heterocycles. The van der Waals surface area contributed by atoms with Crippen molar-refractivity contribution >= 4 is 17.4 Å². The molecule has 3 nitrogen and oxygen atoms in total. The van der Waals surface area contributed by atoms with E-state index in [0.29, 0.717) is 0 Å². The van der Waals surface area contributed by atoms with Gasteiger partial charge in [0.25, 0.3) is 0 Å². The first kappa shape index (κ1) is 11.1. The Morgan fingerprint density at radius 3 is 2.88 bits per heavy atom. The van der Waals surface area contributed by atoms with Gasteiger partial charge in [-0.25, -0.2) is 0 Å². The minimum absolute atomic E-state index is 0.843. The van der Waals surface area contributed by atoms with Gasteiger partial charge in [0.15, 0.2) is 0 Å². The van der Waals surface area contributed by atoms with Crippen LogP contribution in [0.3, 0.4) is 0 Å². The topological polar surface area (TPSA) is 43.8 Å². The van der Waals surface area contributed by atoms with Crippen LogP contribution in [-0.2, 0) is 12.3 Å². The van der Waals surface area contributed by atoms with Crippen molar-refractivity contribution in [3.8, 4) is 0 Å². The van der Waals surface area contributed by atoms with Crippen LogP contribution in [0, 0.1) is 0 Å². The van der Waals surface area contributed by atoms with Gasteiger partial charge < -0.3 is 5.73 Å². The van der Waals surface area contributed by atoms with Crippen molar-refractivity contribution in [2.45, 2.75) is 24.1 Å². The predicted octanol–water partition coefficient (Wildman–Crippen LogP) is 2.78. The van der Waals surface area contributed by atoms with E-state index < -0.39 is 0 Å². The number of hydrogen-bond donors (Lipinski definition) is 1. The second-order valence-corrected chi connectivity index (χ2v) is 4.55. The number of nitrogens with two attached hydrogens (primary N) is 1. The number of nitrogens with zero attached hydrogens (tertiary/aromatic N) is 2. The normalized spacial score (nSPS) is 10.6. The number of aromatic nitrogens is 2. The third-order valence-electron chi connectivity index (χ3n) is 2.32. The first-order valence-corrected chi connectivity index (χ1v) is 6.27. The molecule has 1 heterocycles. The van der Waals surface area contributed by atoms with Crippen molar-refractivity contribution in [2.75, 3.05) is 5.73 Å². The van der Waals surface area contributed by atoms with Gasteiger partial charge in [0.2, 0.25) is 0 Å². The zero-order chi connectivity index (χ0) is 11.4. The maximum atomic E-state index is 5.87. The van der Waals surface area contributed by atoms with Crippen molar-refractivity contribution in [1.29, 1.82) is 0 Å². The molecule has 16 heavy (non-hydrogen) atoms. The summed E-state index contributed by atoms with van der Waals surface area (Å²) in [5.74, 6) is 0.911. The van der Waals surface area contributed by atoms with E-state index in [1.165, 1.54) is 5.56 Å². The summed E-state index contributed by atoms with van der Waals surface area (Å²) >= 11 is 1.75. The van der Waals surface area contributed by atoms with E-state index in [4.69, 9.17) is 5.73 Å². The number of aryl methyl sites for hydroxylation is 1. The Labute approximate surface area is 99.7 Å². The fourth-order valence-electron chi connectivity index (χ4n) is 1.43. The van der Waals surface area contributed by atoms with Crippen LogP contribution in [0.4, 0.5) is 5.69 Å². The second-order valence-electron chi connectivity index (χ2n) is 3.53. The molecule has 1 aromatic heterocycles. The zero-order valence-electron chi connectivity index (χ0n) is 9.26. The standard InChI is InChI=1S/C12H15N3S/c1-2-15-8-10(7-14-15)9-16-12-6-4-3-5-11(12)13/h3-8H,2,9,13H2,1H3. The van der Waals surface area contributed by atoms with Gasteiger partial charge >= 0.3 is 0 Å². The van der Waals surface area contributed by atoms with Gasteiger partial charge in [0.05, 0.1) is 6.20 Å². The molecule has 0 unspecified atom stereocenters. The Hall–Kier alpha value is -1.42. The van der Waals surface area contributed by atoms with Crippen LogP contribution in [0.25, 0.3) is 0 Å². The summed E-state index contributed by atoms with van der Waals surface area (Å²) in [7, 11) is 0. The van der Waals surface area contributed by atoms with E-state index in [0.717, 1.165) is 22.9 Å². The van der Waals surface area contributed by atoms with Crippen LogP contribution in [0.5, 0.6) is 0 Å². The van der Waals surface area contributed by atoms with Gasteiger partial charge in [-0.3, -0.25) is 4.68 Å². The molecule has 2 N–H and O–H groups in total. The van der Waals surface area contributed by atoms with Gasteiger partial charge in [0, 0.05) is 34.6 Å². The summed E-state index contributed by atoms with van der Waals surface area (Å²) in [6.45, 7) is 3.00. The number of hydrogen-bond acceptors (Lipinski definition) is 3. The summed E-state index contributed by atoms with van der Waals surface area (Å²) < 4.78 is 1.93. The molecular formula is C12H15N3S. The quantitative estimate of drug-likeness (QED) is 0.652. The summed E-state index contributed by atoms with van der Waals surface area (Å²) in [5.41, 5.74) is 7.95. The van der Waals surface area contributed by atoms with Crippen molar-refractivity contribution < 1.29 is 0 Å². The second kappa shape index (κ2) is 5.07. The van der Waals surface area contributed by atoms with E-state index in [1.807, 2.05) is 35.1 Å². The summed E-state index contributed by atoms with van der Waals surface area (Å²) in [4.78, 5) is 1.13. The van der Waals surface area contributed by atoms with Gasteiger partial charge in [-0.15, -0.1) is 11.8 Å². The molecule has 0 aliphatic rings. The Morgan fingerprint density at radius 2 is 2.19 bits per heavy atom. The largest absolute Gasteiger partial charge is 0.398 e. The summed E-state index contributed by atoms with van der Waals surface area (Å²) in [5, 5.41) is 4.24. The zero-order valence-corrected chi connectivity index (χ0v) is 10.1. The summed E-state index contributed by atoms with van der Waals surface area (Å²) in [6.07, 6.45) is 3.99. The van der Waals surface area contributed by atoms with Crippen LogP contribution in [0.2, 0.25) is 0 Å². The highest BCUT2D eigenvalue weighted by atomic mass is 32.2. The Balaban J connectivity index is 1.99. The lowest BCUT2D eigenvalue weighted by Crippen LogP contribution is -1.92. The Bertz CT molecular complexity index is 465. The number of benzene rings is 1. The highest BCUT2D eigenvalue weighted by molar-refractivity contribution is 7.98.